The van der Waals surface area contributed by atoms with Gasteiger partial charge in [0.15, 0.2) is 0 Å². The summed E-state index contributed by atoms with van der Waals surface area (Å²) in [7, 11) is 0. The number of hydrogen-bond acceptors (Lipinski definition) is 4. The van der Waals surface area contributed by atoms with Crippen molar-refractivity contribution in [2.24, 2.45) is 0 Å². The van der Waals surface area contributed by atoms with Crippen molar-refractivity contribution in [1.29, 1.82) is 0 Å². The standard InChI is InChI=1S/C15H23N3O2S/c1-15(2,3)21-11-14(20)17-8-6-13(19)18-10-12-5-4-7-16-9-12/h4-5,7,9H,6,8,10-11H2,1-3H3,(H,17,20)(H,18,19). The lowest BCUT2D eigenvalue weighted by atomic mass is 10.3. The van der Waals surface area contributed by atoms with E-state index in [-0.39, 0.29) is 23.0 Å². The minimum absolute atomic E-state index is 0.0324. The van der Waals surface area contributed by atoms with Gasteiger partial charge in [-0.05, 0) is 11.6 Å². The first-order valence-corrected chi connectivity index (χ1v) is 7.91. The molecule has 5 nitrogen and oxygen atoms in total. The van der Waals surface area contributed by atoms with Crippen LogP contribution in [0.5, 0.6) is 0 Å². The van der Waals surface area contributed by atoms with Crippen LogP contribution >= 0.6 is 11.8 Å². The van der Waals surface area contributed by atoms with Gasteiger partial charge in [0.2, 0.25) is 11.8 Å². The largest absolute Gasteiger partial charge is 0.355 e. The molecule has 0 saturated carbocycles. The molecule has 0 spiro atoms. The van der Waals surface area contributed by atoms with Gasteiger partial charge in [0, 0.05) is 36.7 Å². The van der Waals surface area contributed by atoms with Gasteiger partial charge in [0.1, 0.15) is 0 Å². The molecule has 116 valence electrons. The Labute approximate surface area is 130 Å². The number of aromatic nitrogens is 1. The van der Waals surface area contributed by atoms with E-state index < -0.39 is 0 Å². The van der Waals surface area contributed by atoms with Gasteiger partial charge in [-0.15, -0.1) is 11.8 Å². The Morgan fingerprint density at radius 1 is 1.24 bits per heavy atom. The summed E-state index contributed by atoms with van der Waals surface area (Å²) >= 11 is 1.59. The van der Waals surface area contributed by atoms with E-state index in [1.807, 2.05) is 12.1 Å². The number of thioether (sulfide) groups is 1. The average molecular weight is 309 g/mol. The minimum atomic E-state index is -0.0809. The second kappa shape index (κ2) is 8.67. The maximum absolute atomic E-state index is 11.6. The second-order valence-electron chi connectivity index (χ2n) is 5.64. The molecule has 0 aliphatic rings. The summed E-state index contributed by atoms with van der Waals surface area (Å²) in [5, 5.41) is 5.54. The maximum Gasteiger partial charge on any atom is 0.230 e. The van der Waals surface area contributed by atoms with E-state index in [2.05, 4.69) is 36.4 Å². The Morgan fingerprint density at radius 2 is 2.00 bits per heavy atom. The van der Waals surface area contributed by atoms with Crippen molar-refractivity contribution < 1.29 is 9.59 Å². The highest BCUT2D eigenvalue weighted by molar-refractivity contribution is 8.01. The van der Waals surface area contributed by atoms with Gasteiger partial charge >= 0.3 is 0 Å². The normalized spacial score (nSPS) is 11.0. The highest BCUT2D eigenvalue weighted by Gasteiger charge is 2.13. The van der Waals surface area contributed by atoms with E-state index >= 15 is 0 Å². The minimum Gasteiger partial charge on any atom is -0.355 e. The zero-order valence-electron chi connectivity index (χ0n) is 12.8. The molecule has 0 aromatic carbocycles. The smallest absolute Gasteiger partial charge is 0.230 e. The first-order valence-electron chi connectivity index (χ1n) is 6.93. The molecular weight excluding hydrogens is 286 g/mol. The number of rotatable bonds is 7. The fraction of sp³-hybridized carbons (Fsp3) is 0.533. The molecule has 21 heavy (non-hydrogen) atoms. The van der Waals surface area contributed by atoms with Gasteiger partial charge in [-0.3, -0.25) is 14.6 Å². The lowest BCUT2D eigenvalue weighted by molar-refractivity contribution is -0.121. The third-order valence-electron chi connectivity index (χ3n) is 2.52. The Hall–Kier alpha value is -1.56. The van der Waals surface area contributed by atoms with E-state index in [4.69, 9.17) is 0 Å². The predicted molar refractivity (Wildman–Crippen MR) is 85.9 cm³/mol. The molecule has 1 aromatic rings. The quantitative estimate of drug-likeness (QED) is 0.805. The van der Waals surface area contributed by atoms with E-state index in [0.717, 1.165) is 5.56 Å². The van der Waals surface area contributed by atoms with Crippen LogP contribution in [0.4, 0.5) is 0 Å². The molecule has 0 unspecified atom stereocenters. The monoisotopic (exact) mass is 309 g/mol. The Bertz CT molecular complexity index is 458. The van der Waals surface area contributed by atoms with E-state index in [0.29, 0.717) is 18.8 Å². The van der Waals surface area contributed by atoms with Crippen molar-refractivity contribution in [1.82, 2.24) is 15.6 Å². The summed E-state index contributed by atoms with van der Waals surface area (Å²) in [6.07, 6.45) is 3.69. The van der Waals surface area contributed by atoms with E-state index in [1.165, 1.54) is 0 Å². The second-order valence-corrected chi connectivity index (χ2v) is 7.44. The van der Waals surface area contributed by atoms with Crippen LogP contribution in [-0.4, -0.2) is 33.8 Å². The van der Waals surface area contributed by atoms with Crippen LogP contribution in [0.15, 0.2) is 24.5 Å². The summed E-state index contributed by atoms with van der Waals surface area (Å²) < 4.78 is 0.0679. The zero-order chi connectivity index (χ0) is 15.7. The SMILES string of the molecule is CC(C)(C)SCC(=O)NCCC(=O)NCc1cccnc1. The number of amides is 2. The topological polar surface area (TPSA) is 71.1 Å². The molecule has 0 aliphatic carbocycles. The molecule has 1 rings (SSSR count). The summed E-state index contributed by atoms with van der Waals surface area (Å²) in [5.74, 6) is 0.304. The Balaban J connectivity index is 2.12. The van der Waals surface area contributed by atoms with Crippen LogP contribution in [0, 0.1) is 0 Å². The molecule has 6 heteroatoms. The van der Waals surface area contributed by atoms with E-state index in [9.17, 15) is 9.59 Å². The van der Waals surface area contributed by atoms with Gasteiger partial charge < -0.3 is 10.6 Å². The van der Waals surface area contributed by atoms with Crippen molar-refractivity contribution in [3.63, 3.8) is 0 Å². The van der Waals surface area contributed by atoms with Crippen LogP contribution in [0.2, 0.25) is 0 Å². The molecule has 0 aliphatic heterocycles. The molecule has 0 atom stereocenters. The molecule has 2 N–H and O–H groups in total. The number of hydrogen-bond donors (Lipinski definition) is 2. The molecule has 2 amide bonds. The third-order valence-corrected chi connectivity index (χ3v) is 3.80. The molecule has 1 aromatic heterocycles. The molecule has 0 radical (unpaired) electrons. The van der Waals surface area contributed by atoms with Gasteiger partial charge in [-0.2, -0.15) is 0 Å². The van der Waals surface area contributed by atoms with Gasteiger partial charge in [0.05, 0.1) is 5.75 Å². The zero-order valence-corrected chi connectivity index (χ0v) is 13.6. The Morgan fingerprint density at radius 3 is 2.62 bits per heavy atom. The summed E-state index contributed by atoms with van der Waals surface area (Å²) in [6, 6.07) is 3.73. The first kappa shape index (κ1) is 17.5. The van der Waals surface area contributed by atoms with Crippen LogP contribution in [0.1, 0.15) is 32.8 Å². The van der Waals surface area contributed by atoms with Crippen molar-refractivity contribution in [3.8, 4) is 0 Å². The van der Waals surface area contributed by atoms with Gasteiger partial charge in [0.25, 0.3) is 0 Å². The number of carbonyl (C=O) groups is 2. The van der Waals surface area contributed by atoms with Crippen molar-refractivity contribution in [2.45, 2.75) is 38.5 Å². The lowest BCUT2D eigenvalue weighted by Gasteiger charge is -2.16. The number of carbonyl (C=O) groups excluding carboxylic acids is 2. The highest BCUT2D eigenvalue weighted by atomic mass is 32.2. The first-order chi connectivity index (χ1) is 9.87. The number of nitrogens with one attached hydrogen (secondary N) is 2. The van der Waals surface area contributed by atoms with Crippen molar-refractivity contribution >= 4 is 23.6 Å². The van der Waals surface area contributed by atoms with Crippen molar-refractivity contribution in [3.05, 3.63) is 30.1 Å². The lowest BCUT2D eigenvalue weighted by Crippen LogP contribution is -2.32. The molecular formula is C15H23N3O2S. The van der Waals surface area contributed by atoms with Gasteiger partial charge in [-0.25, -0.2) is 0 Å². The van der Waals surface area contributed by atoms with Crippen molar-refractivity contribution in [2.75, 3.05) is 12.3 Å². The molecule has 0 saturated heterocycles. The third kappa shape index (κ3) is 9.07. The van der Waals surface area contributed by atoms with Crippen LogP contribution in [0.25, 0.3) is 0 Å². The van der Waals surface area contributed by atoms with Crippen LogP contribution < -0.4 is 10.6 Å². The van der Waals surface area contributed by atoms with Gasteiger partial charge in [-0.1, -0.05) is 26.8 Å². The van der Waals surface area contributed by atoms with Crippen LogP contribution in [0.3, 0.4) is 0 Å². The fourth-order valence-corrected chi connectivity index (χ4v) is 2.11. The highest BCUT2D eigenvalue weighted by Crippen LogP contribution is 2.22. The van der Waals surface area contributed by atoms with E-state index in [1.54, 1.807) is 24.2 Å². The number of nitrogens with zero attached hydrogens (tertiary/aromatic N) is 1. The summed E-state index contributed by atoms with van der Waals surface area (Å²) in [4.78, 5) is 27.2. The molecule has 1 heterocycles. The number of pyridine rings is 1. The van der Waals surface area contributed by atoms with Crippen LogP contribution in [-0.2, 0) is 16.1 Å². The average Bonchev–Trinajstić information content (AvgIpc) is 2.43. The molecule has 0 fully saturated rings. The molecule has 0 bridgehead atoms. The Kier molecular flexibility index (Phi) is 7.22. The summed E-state index contributed by atoms with van der Waals surface area (Å²) in [6.45, 7) is 7.02. The summed E-state index contributed by atoms with van der Waals surface area (Å²) in [5.41, 5.74) is 0.955. The fourth-order valence-electron chi connectivity index (χ4n) is 1.44. The maximum atomic E-state index is 11.6. The predicted octanol–water partition coefficient (Wildman–Crippen LogP) is 1.74.